The van der Waals surface area contributed by atoms with Gasteiger partial charge in [0.15, 0.2) is 0 Å². The molecule has 19 heavy (non-hydrogen) atoms. The van der Waals surface area contributed by atoms with E-state index < -0.39 is 6.17 Å². The standard InChI is InChI=1S/C12H23FN4O2/c1-8(2)19-11-4-5-17(6-9(11)13)12(18)10-7-16(3)15-14-10/h8-11,14-15H,4-7H2,1-3H3/t9-,10?,11+/m1/s1. The molecular formula is C12H23FN4O2. The first-order valence-electron chi connectivity index (χ1n) is 6.78. The Morgan fingerprint density at radius 3 is 2.68 bits per heavy atom. The van der Waals surface area contributed by atoms with Gasteiger partial charge in [0.2, 0.25) is 5.91 Å². The molecule has 0 spiro atoms. The first kappa shape index (κ1) is 14.6. The SMILES string of the molecule is CC(C)O[C@H]1CCN(C(=O)C2CN(C)NN2)C[C@H]1F. The van der Waals surface area contributed by atoms with E-state index >= 15 is 0 Å². The third-order valence-corrected chi connectivity index (χ3v) is 3.42. The van der Waals surface area contributed by atoms with Crippen LogP contribution >= 0.6 is 0 Å². The lowest BCUT2D eigenvalue weighted by atomic mass is 10.0. The normalized spacial score (nSPS) is 33.1. The van der Waals surface area contributed by atoms with E-state index in [9.17, 15) is 9.18 Å². The number of hydrogen-bond acceptors (Lipinski definition) is 5. The van der Waals surface area contributed by atoms with Crippen LogP contribution in [0.3, 0.4) is 0 Å². The minimum atomic E-state index is -1.10. The predicted molar refractivity (Wildman–Crippen MR) is 68.8 cm³/mol. The maximum atomic E-state index is 14.0. The van der Waals surface area contributed by atoms with E-state index in [-0.39, 0.29) is 30.7 Å². The fourth-order valence-corrected chi connectivity index (χ4v) is 2.50. The first-order chi connectivity index (χ1) is 8.97. The molecule has 0 aromatic rings. The number of likely N-dealkylation sites (N-methyl/N-ethyl adjacent to an activating group) is 1. The van der Waals surface area contributed by atoms with E-state index in [0.29, 0.717) is 19.5 Å². The average Bonchev–Trinajstić information content (AvgIpc) is 2.77. The number of piperidine rings is 1. The predicted octanol–water partition coefficient (Wildman–Crippen LogP) is -0.326. The second-order valence-electron chi connectivity index (χ2n) is 5.50. The number of likely N-dealkylation sites (tertiary alicyclic amines) is 1. The Bertz CT molecular complexity index is 329. The molecule has 0 aliphatic carbocycles. The van der Waals surface area contributed by atoms with Gasteiger partial charge in [-0.1, -0.05) is 0 Å². The van der Waals surface area contributed by atoms with Gasteiger partial charge in [-0.2, -0.15) is 5.53 Å². The minimum Gasteiger partial charge on any atom is -0.372 e. The topological polar surface area (TPSA) is 56.8 Å². The summed E-state index contributed by atoms with van der Waals surface area (Å²) in [6, 6.07) is -0.306. The van der Waals surface area contributed by atoms with Crippen LogP contribution in [0.25, 0.3) is 0 Å². The Hall–Kier alpha value is -0.760. The highest BCUT2D eigenvalue weighted by molar-refractivity contribution is 5.82. The summed E-state index contributed by atoms with van der Waals surface area (Å²) in [7, 11) is 1.85. The van der Waals surface area contributed by atoms with Crippen LogP contribution in [-0.2, 0) is 9.53 Å². The summed E-state index contributed by atoms with van der Waals surface area (Å²) in [4.78, 5) is 13.8. The van der Waals surface area contributed by atoms with Gasteiger partial charge in [0.1, 0.15) is 12.2 Å². The molecule has 2 aliphatic heterocycles. The van der Waals surface area contributed by atoms with Crippen molar-refractivity contribution in [1.29, 1.82) is 0 Å². The van der Waals surface area contributed by atoms with Gasteiger partial charge in [0, 0.05) is 20.1 Å². The molecule has 0 radical (unpaired) electrons. The first-order valence-corrected chi connectivity index (χ1v) is 6.78. The zero-order valence-electron chi connectivity index (χ0n) is 11.7. The minimum absolute atomic E-state index is 0.0137. The van der Waals surface area contributed by atoms with Crippen LogP contribution in [0.5, 0.6) is 0 Å². The van der Waals surface area contributed by atoms with E-state index in [0.717, 1.165) is 0 Å². The fourth-order valence-electron chi connectivity index (χ4n) is 2.50. The fraction of sp³-hybridized carbons (Fsp3) is 0.917. The van der Waals surface area contributed by atoms with E-state index in [4.69, 9.17) is 4.74 Å². The molecule has 110 valence electrons. The number of amides is 1. The van der Waals surface area contributed by atoms with E-state index in [1.165, 1.54) is 0 Å². The number of halogens is 1. The molecule has 2 fully saturated rings. The number of hydrazine groups is 2. The monoisotopic (exact) mass is 274 g/mol. The van der Waals surface area contributed by atoms with Crippen molar-refractivity contribution in [2.75, 3.05) is 26.7 Å². The molecule has 0 bridgehead atoms. The maximum absolute atomic E-state index is 14.0. The summed E-state index contributed by atoms with van der Waals surface area (Å²) in [5.41, 5.74) is 5.75. The molecule has 1 unspecified atom stereocenters. The van der Waals surface area contributed by atoms with Crippen molar-refractivity contribution < 1.29 is 13.9 Å². The van der Waals surface area contributed by atoms with Crippen LogP contribution in [-0.4, -0.2) is 66.9 Å². The molecule has 3 atom stereocenters. The van der Waals surface area contributed by atoms with Crippen LogP contribution in [0, 0.1) is 0 Å². The second kappa shape index (κ2) is 6.13. The summed E-state index contributed by atoms with van der Waals surface area (Å²) in [6.45, 7) is 5.05. The molecule has 1 amide bonds. The number of carbonyl (C=O) groups excluding carboxylic acids is 1. The van der Waals surface area contributed by atoms with Crippen LogP contribution in [0.15, 0.2) is 0 Å². The highest BCUT2D eigenvalue weighted by Crippen LogP contribution is 2.19. The smallest absolute Gasteiger partial charge is 0.242 e. The lowest BCUT2D eigenvalue weighted by Crippen LogP contribution is -2.54. The number of hydrogen-bond donors (Lipinski definition) is 2. The molecule has 2 aliphatic rings. The van der Waals surface area contributed by atoms with Crippen molar-refractivity contribution >= 4 is 5.91 Å². The summed E-state index contributed by atoms with van der Waals surface area (Å²) >= 11 is 0. The third kappa shape index (κ3) is 3.62. The number of nitrogens with zero attached hydrogens (tertiary/aromatic N) is 2. The highest BCUT2D eigenvalue weighted by atomic mass is 19.1. The third-order valence-electron chi connectivity index (χ3n) is 3.42. The Kier molecular flexibility index (Phi) is 4.72. The average molecular weight is 274 g/mol. The largest absolute Gasteiger partial charge is 0.372 e. The molecule has 6 nitrogen and oxygen atoms in total. The molecule has 0 saturated carbocycles. The molecule has 0 aromatic heterocycles. The lowest BCUT2D eigenvalue weighted by Gasteiger charge is -2.36. The van der Waals surface area contributed by atoms with E-state index in [2.05, 4.69) is 11.0 Å². The Labute approximate surface area is 113 Å². The van der Waals surface area contributed by atoms with Crippen molar-refractivity contribution in [1.82, 2.24) is 20.9 Å². The van der Waals surface area contributed by atoms with Gasteiger partial charge in [0.25, 0.3) is 0 Å². The Balaban J connectivity index is 1.85. The summed E-state index contributed by atoms with van der Waals surface area (Å²) in [6.07, 6.45) is -0.922. The van der Waals surface area contributed by atoms with E-state index in [1.54, 1.807) is 9.91 Å². The van der Waals surface area contributed by atoms with Crippen LogP contribution in [0.2, 0.25) is 0 Å². The second-order valence-corrected chi connectivity index (χ2v) is 5.50. The van der Waals surface area contributed by atoms with Crippen molar-refractivity contribution in [3.8, 4) is 0 Å². The van der Waals surface area contributed by atoms with Gasteiger partial charge in [-0.25, -0.2) is 14.8 Å². The number of carbonyl (C=O) groups is 1. The van der Waals surface area contributed by atoms with Crippen molar-refractivity contribution in [2.24, 2.45) is 0 Å². The van der Waals surface area contributed by atoms with Crippen LogP contribution in [0.1, 0.15) is 20.3 Å². The number of alkyl halides is 1. The van der Waals surface area contributed by atoms with Gasteiger partial charge in [0.05, 0.1) is 18.8 Å². The number of nitrogens with one attached hydrogen (secondary N) is 2. The molecule has 7 heteroatoms. The molecule has 2 heterocycles. The molecular weight excluding hydrogens is 251 g/mol. The van der Waals surface area contributed by atoms with Crippen LogP contribution in [0.4, 0.5) is 4.39 Å². The van der Waals surface area contributed by atoms with Crippen molar-refractivity contribution in [2.45, 2.75) is 44.7 Å². The Morgan fingerprint density at radius 2 is 2.16 bits per heavy atom. The number of rotatable bonds is 3. The van der Waals surface area contributed by atoms with Gasteiger partial charge >= 0.3 is 0 Å². The highest BCUT2D eigenvalue weighted by Gasteiger charge is 2.36. The van der Waals surface area contributed by atoms with Gasteiger partial charge < -0.3 is 9.64 Å². The molecule has 2 saturated heterocycles. The lowest BCUT2D eigenvalue weighted by molar-refractivity contribution is -0.140. The molecule has 2 rings (SSSR count). The number of ether oxygens (including phenoxy) is 1. The van der Waals surface area contributed by atoms with Gasteiger partial charge in [-0.15, -0.1) is 0 Å². The quantitative estimate of drug-likeness (QED) is 0.738. The van der Waals surface area contributed by atoms with Crippen molar-refractivity contribution in [3.63, 3.8) is 0 Å². The zero-order chi connectivity index (χ0) is 14.0. The summed E-state index contributed by atoms with van der Waals surface area (Å²) in [5, 5.41) is 1.80. The van der Waals surface area contributed by atoms with Crippen LogP contribution < -0.4 is 11.0 Å². The van der Waals surface area contributed by atoms with Gasteiger partial charge in [-0.05, 0) is 20.3 Å². The van der Waals surface area contributed by atoms with Gasteiger partial charge in [-0.3, -0.25) is 4.79 Å². The molecule has 0 aromatic carbocycles. The molecule has 2 N–H and O–H groups in total. The van der Waals surface area contributed by atoms with E-state index in [1.807, 2.05) is 20.9 Å². The van der Waals surface area contributed by atoms with Crippen molar-refractivity contribution in [3.05, 3.63) is 0 Å². The summed E-state index contributed by atoms with van der Waals surface area (Å²) < 4.78 is 19.5. The zero-order valence-corrected chi connectivity index (χ0v) is 11.7. The Morgan fingerprint density at radius 1 is 1.42 bits per heavy atom. The maximum Gasteiger partial charge on any atom is 0.242 e. The summed E-state index contributed by atoms with van der Waals surface area (Å²) in [5.74, 6) is -0.0532.